The van der Waals surface area contributed by atoms with Gasteiger partial charge in [0.1, 0.15) is 5.78 Å². The van der Waals surface area contributed by atoms with Crippen LogP contribution in [-0.4, -0.2) is 31.2 Å². The number of hydrogen-bond donors (Lipinski definition) is 1. The third-order valence-electron chi connectivity index (χ3n) is 3.11. The quantitative estimate of drug-likeness (QED) is 0.896. The minimum atomic E-state index is -0.472. The van der Waals surface area contributed by atoms with Gasteiger partial charge in [0.25, 0.3) is 0 Å². The van der Waals surface area contributed by atoms with E-state index < -0.39 is 11.9 Å². The number of urea groups is 1. The third kappa shape index (κ3) is 2.88. The SMILES string of the molecule is COCC1=NC(=O)NC(c2ccccc2)C1C(C)=O. The van der Waals surface area contributed by atoms with Crippen molar-refractivity contribution in [2.75, 3.05) is 13.7 Å². The number of amides is 2. The zero-order valence-corrected chi connectivity index (χ0v) is 10.9. The number of ether oxygens (including phenoxy) is 1. The van der Waals surface area contributed by atoms with E-state index >= 15 is 0 Å². The molecule has 1 heterocycles. The summed E-state index contributed by atoms with van der Waals surface area (Å²) in [6.07, 6.45) is 0. The molecule has 0 fully saturated rings. The minimum absolute atomic E-state index is 0.0374. The zero-order chi connectivity index (χ0) is 13.8. The molecule has 0 radical (unpaired) electrons. The van der Waals surface area contributed by atoms with Crippen LogP contribution in [0, 0.1) is 5.92 Å². The largest absolute Gasteiger partial charge is 0.379 e. The van der Waals surface area contributed by atoms with Crippen LogP contribution in [0.2, 0.25) is 0 Å². The second kappa shape index (κ2) is 5.75. The Morgan fingerprint density at radius 3 is 2.63 bits per heavy atom. The predicted molar refractivity (Wildman–Crippen MR) is 71.2 cm³/mol. The average Bonchev–Trinajstić information content (AvgIpc) is 2.39. The maximum atomic E-state index is 11.9. The number of Topliss-reactive ketones (excluding diaryl/α,β-unsaturated/α-hetero) is 1. The Balaban J connectivity index is 2.40. The van der Waals surface area contributed by atoms with Crippen molar-refractivity contribution in [3.8, 4) is 0 Å². The number of methoxy groups -OCH3 is 1. The molecule has 1 aliphatic rings. The Kier molecular flexibility index (Phi) is 4.06. The smallest absolute Gasteiger partial charge is 0.341 e. The van der Waals surface area contributed by atoms with Crippen molar-refractivity contribution in [1.82, 2.24) is 5.32 Å². The monoisotopic (exact) mass is 260 g/mol. The summed E-state index contributed by atoms with van der Waals surface area (Å²) in [5.74, 6) is -0.510. The predicted octanol–water partition coefficient (Wildman–Crippen LogP) is 1.74. The van der Waals surface area contributed by atoms with Gasteiger partial charge in [0.05, 0.1) is 24.3 Å². The van der Waals surface area contributed by atoms with E-state index in [2.05, 4.69) is 10.3 Å². The van der Waals surface area contributed by atoms with Crippen molar-refractivity contribution in [3.63, 3.8) is 0 Å². The fraction of sp³-hybridized carbons (Fsp3) is 0.357. The van der Waals surface area contributed by atoms with Crippen LogP contribution in [-0.2, 0) is 9.53 Å². The lowest BCUT2D eigenvalue weighted by molar-refractivity contribution is -0.119. The van der Waals surface area contributed by atoms with Gasteiger partial charge >= 0.3 is 6.03 Å². The molecule has 2 rings (SSSR count). The van der Waals surface area contributed by atoms with Crippen LogP contribution in [0.4, 0.5) is 4.79 Å². The van der Waals surface area contributed by atoms with Gasteiger partial charge in [-0.15, -0.1) is 0 Å². The lowest BCUT2D eigenvalue weighted by atomic mass is 9.85. The fourth-order valence-corrected chi connectivity index (χ4v) is 2.32. The van der Waals surface area contributed by atoms with Gasteiger partial charge in [-0.05, 0) is 12.5 Å². The van der Waals surface area contributed by atoms with Crippen LogP contribution in [0.5, 0.6) is 0 Å². The standard InChI is InChI=1S/C14H16N2O3/c1-9(17)12-11(8-19-2)15-14(18)16-13(12)10-6-4-3-5-7-10/h3-7,12-13H,8H2,1-2H3,(H,16,18). The first-order valence-electron chi connectivity index (χ1n) is 6.05. The molecule has 100 valence electrons. The number of nitrogens with one attached hydrogen (secondary N) is 1. The maximum Gasteiger partial charge on any atom is 0.341 e. The van der Waals surface area contributed by atoms with Crippen molar-refractivity contribution < 1.29 is 14.3 Å². The number of ketones is 1. The molecule has 19 heavy (non-hydrogen) atoms. The summed E-state index contributed by atoms with van der Waals surface area (Å²) in [7, 11) is 1.52. The second-order valence-corrected chi connectivity index (χ2v) is 4.46. The first-order valence-corrected chi connectivity index (χ1v) is 6.05. The normalized spacial score (nSPS) is 22.6. The molecule has 0 aromatic heterocycles. The highest BCUT2D eigenvalue weighted by Crippen LogP contribution is 2.27. The molecule has 0 saturated heterocycles. The van der Waals surface area contributed by atoms with Crippen molar-refractivity contribution >= 4 is 17.5 Å². The number of nitrogens with zero attached hydrogens (tertiary/aromatic N) is 1. The van der Waals surface area contributed by atoms with E-state index in [1.165, 1.54) is 14.0 Å². The van der Waals surface area contributed by atoms with Gasteiger partial charge < -0.3 is 10.1 Å². The Hall–Kier alpha value is -2.01. The van der Waals surface area contributed by atoms with Gasteiger partial charge in [-0.25, -0.2) is 4.79 Å². The summed E-state index contributed by atoms with van der Waals surface area (Å²) >= 11 is 0. The van der Waals surface area contributed by atoms with Crippen LogP contribution in [0.15, 0.2) is 35.3 Å². The molecule has 2 atom stereocenters. The fourth-order valence-electron chi connectivity index (χ4n) is 2.32. The Morgan fingerprint density at radius 2 is 2.05 bits per heavy atom. The summed E-state index contributed by atoms with van der Waals surface area (Å²) in [5.41, 5.74) is 1.37. The summed E-state index contributed by atoms with van der Waals surface area (Å²) in [5, 5.41) is 2.75. The van der Waals surface area contributed by atoms with E-state index in [1.54, 1.807) is 0 Å². The molecular weight excluding hydrogens is 244 g/mol. The summed E-state index contributed by atoms with van der Waals surface area (Å²) in [4.78, 5) is 27.4. The Morgan fingerprint density at radius 1 is 1.37 bits per heavy atom. The number of rotatable bonds is 4. The van der Waals surface area contributed by atoms with Crippen LogP contribution in [0.1, 0.15) is 18.5 Å². The van der Waals surface area contributed by atoms with Crippen LogP contribution in [0.3, 0.4) is 0 Å². The lowest BCUT2D eigenvalue weighted by Crippen LogP contribution is -2.45. The maximum absolute atomic E-state index is 11.9. The summed E-state index contributed by atoms with van der Waals surface area (Å²) < 4.78 is 5.03. The summed E-state index contributed by atoms with van der Waals surface area (Å²) in [6.45, 7) is 1.68. The lowest BCUT2D eigenvalue weighted by Gasteiger charge is -2.30. The number of carbonyl (C=O) groups is 2. The van der Waals surface area contributed by atoms with Crippen LogP contribution in [0.25, 0.3) is 0 Å². The molecular formula is C14H16N2O3. The molecule has 0 bridgehead atoms. The van der Waals surface area contributed by atoms with Crippen LogP contribution < -0.4 is 5.32 Å². The molecule has 1 aromatic rings. The number of benzene rings is 1. The van der Waals surface area contributed by atoms with Crippen molar-refractivity contribution in [1.29, 1.82) is 0 Å². The van der Waals surface area contributed by atoms with E-state index in [0.717, 1.165) is 5.56 Å². The first kappa shape index (κ1) is 13.4. The van der Waals surface area contributed by atoms with E-state index in [1.807, 2.05) is 30.3 Å². The molecule has 1 N–H and O–H groups in total. The molecule has 1 aliphatic heterocycles. The van der Waals surface area contributed by atoms with Gasteiger partial charge in [-0.1, -0.05) is 30.3 Å². The molecule has 1 aromatic carbocycles. The second-order valence-electron chi connectivity index (χ2n) is 4.46. The van der Waals surface area contributed by atoms with Crippen LogP contribution >= 0.6 is 0 Å². The molecule has 0 spiro atoms. The van der Waals surface area contributed by atoms with E-state index in [0.29, 0.717) is 5.71 Å². The summed E-state index contributed by atoms with van der Waals surface area (Å²) in [6, 6.07) is 8.60. The van der Waals surface area contributed by atoms with Gasteiger partial charge in [-0.2, -0.15) is 4.99 Å². The molecule has 0 saturated carbocycles. The third-order valence-corrected chi connectivity index (χ3v) is 3.11. The van der Waals surface area contributed by atoms with Gasteiger partial charge in [-0.3, -0.25) is 4.79 Å². The highest BCUT2D eigenvalue weighted by molar-refractivity contribution is 6.11. The number of hydrogen-bond acceptors (Lipinski definition) is 3. The Labute approximate surface area is 111 Å². The molecule has 5 nitrogen and oxygen atoms in total. The van der Waals surface area contributed by atoms with Gasteiger partial charge in [0.15, 0.2) is 0 Å². The highest BCUT2D eigenvalue weighted by Gasteiger charge is 2.36. The van der Waals surface area contributed by atoms with Crippen molar-refractivity contribution in [2.24, 2.45) is 10.9 Å². The van der Waals surface area contributed by atoms with Crippen molar-refractivity contribution in [3.05, 3.63) is 35.9 Å². The number of aliphatic imine (C=N–C) groups is 1. The first-order chi connectivity index (χ1) is 9.13. The van der Waals surface area contributed by atoms with Gasteiger partial charge in [0, 0.05) is 7.11 Å². The van der Waals surface area contributed by atoms with E-state index in [-0.39, 0.29) is 18.4 Å². The average molecular weight is 260 g/mol. The highest BCUT2D eigenvalue weighted by atomic mass is 16.5. The van der Waals surface area contributed by atoms with E-state index in [4.69, 9.17) is 4.74 Å². The van der Waals surface area contributed by atoms with Gasteiger partial charge in [0.2, 0.25) is 0 Å². The van der Waals surface area contributed by atoms with E-state index in [9.17, 15) is 9.59 Å². The molecule has 5 heteroatoms. The van der Waals surface area contributed by atoms with Crippen molar-refractivity contribution in [2.45, 2.75) is 13.0 Å². The number of carbonyl (C=O) groups excluding carboxylic acids is 2. The minimum Gasteiger partial charge on any atom is -0.379 e. The zero-order valence-electron chi connectivity index (χ0n) is 10.9. The molecule has 2 amide bonds. The molecule has 2 unspecified atom stereocenters. The molecule has 0 aliphatic carbocycles. The Bertz CT molecular complexity index is 511. The topological polar surface area (TPSA) is 67.8 Å².